The van der Waals surface area contributed by atoms with Crippen molar-refractivity contribution < 1.29 is 0 Å². The highest BCUT2D eigenvalue weighted by Crippen LogP contribution is 2.11. The van der Waals surface area contributed by atoms with Crippen molar-refractivity contribution in [3.63, 3.8) is 0 Å². The Morgan fingerprint density at radius 1 is 1.47 bits per heavy atom. The van der Waals surface area contributed by atoms with Crippen molar-refractivity contribution in [3.05, 3.63) is 24.0 Å². The molecule has 4 N–H and O–H groups in total. The highest BCUT2D eigenvalue weighted by atomic mass is 15.0. The molecule has 0 saturated carbocycles. The van der Waals surface area contributed by atoms with E-state index in [1.54, 1.807) is 12.4 Å². The van der Waals surface area contributed by atoms with Crippen LogP contribution in [0.5, 0.6) is 0 Å². The lowest BCUT2D eigenvalue weighted by Crippen LogP contribution is -2.28. The molecule has 0 fully saturated rings. The van der Waals surface area contributed by atoms with E-state index in [0.717, 1.165) is 30.6 Å². The number of hydrogen-bond acceptors (Lipinski definition) is 4. The zero-order valence-electron chi connectivity index (χ0n) is 9.48. The van der Waals surface area contributed by atoms with Crippen molar-refractivity contribution >= 4 is 5.69 Å². The van der Waals surface area contributed by atoms with Crippen LogP contribution in [-0.4, -0.2) is 36.6 Å². The fourth-order valence-electron chi connectivity index (χ4n) is 1.42. The van der Waals surface area contributed by atoms with Crippen molar-refractivity contribution in [2.24, 2.45) is 5.73 Å². The molecule has 1 heterocycles. The summed E-state index contributed by atoms with van der Waals surface area (Å²) >= 11 is 0. The molecule has 1 rings (SSSR count). The van der Waals surface area contributed by atoms with Crippen LogP contribution in [0.1, 0.15) is 12.0 Å². The predicted molar refractivity (Wildman–Crippen MR) is 63.5 cm³/mol. The van der Waals surface area contributed by atoms with E-state index < -0.39 is 0 Å². The SMILES string of the molecule is CN(C)CCC(N)Cc1cnccc1N. The summed E-state index contributed by atoms with van der Waals surface area (Å²) in [5.41, 5.74) is 13.7. The molecule has 1 aromatic rings. The first-order chi connectivity index (χ1) is 7.09. The van der Waals surface area contributed by atoms with E-state index >= 15 is 0 Å². The minimum absolute atomic E-state index is 0.152. The summed E-state index contributed by atoms with van der Waals surface area (Å²) < 4.78 is 0. The average molecular weight is 208 g/mol. The second-order valence-corrected chi connectivity index (χ2v) is 4.13. The van der Waals surface area contributed by atoms with Crippen LogP contribution >= 0.6 is 0 Å². The predicted octanol–water partition coefficient (Wildman–Crippen LogP) is 0.485. The molecule has 0 spiro atoms. The Morgan fingerprint density at radius 2 is 2.20 bits per heavy atom. The van der Waals surface area contributed by atoms with Gasteiger partial charge in [-0.25, -0.2) is 0 Å². The van der Waals surface area contributed by atoms with Crippen LogP contribution in [0, 0.1) is 0 Å². The molecule has 0 aliphatic carbocycles. The summed E-state index contributed by atoms with van der Waals surface area (Å²) in [6, 6.07) is 1.97. The first kappa shape index (κ1) is 11.9. The molecule has 1 atom stereocenters. The van der Waals surface area contributed by atoms with E-state index in [0.29, 0.717) is 0 Å². The molecule has 0 bridgehead atoms. The monoisotopic (exact) mass is 208 g/mol. The van der Waals surface area contributed by atoms with Crippen molar-refractivity contribution in [2.75, 3.05) is 26.4 Å². The summed E-state index contributed by atoms with van der Waals surface area (Å²) in [5.74, 6) is 0. The standard InChI is InChI=1S/C11H20N4/c1-15(2)6-4-10(12)7-9-8-14-5-3-11(9)13/h3,5,8,10H,4,6-7,12H2,1-2H3,(H2,13,14). The maximum absolute atomic E-state index is 6.01. The van der Waals surface area contributed by atoms with E-state index in [2.05, 4.69) is 9.88 Å². The van der Waals surface area contributed by atoms with Crippen LogP contribution in [0.2, 0.25) is 0 Å². The summed E-state index contributed by atoms with van der Waals surface area (Å²) in [7, 11) is 4.09. The molecule has 0 aromatic carbocycles. The second kappa shape index (κ2) is 5.68. The maximum atomic E-state index is 6.01. The zero-order valence-corrected chi connectivity index (χ0v) is 9.48. The molecular weight excluding hydrogens is 188 g/mol. The molecule has 0 aliphatic heterocycles. The fourth-order valence-corrected chi connectivity index (χ4v) is 1.42. The van der Waals surface area contributed by atoms with Gasteiger partial charge in [-0.3, -0.25) is 4.98 Å². The molecule has 1 unspecified atom stereocenters. The Hall–Kier alpha value is -1.13. The number of hydrogen-bond donors (Lipinski definition) is 2. The Kier molecular flexibility index (Phi) is 4.52. The molecular formula is C11H20N4. The topological polar surface area (TPSA) is 68.2 Å². The largest absolute Gasteiger partial charge is 0.398 e. The van der Waals surface area contributed by atoms with E-state index in [4.69, 9.17) is 11.5 Å². The van der Waals surface area contributed by atoms with Gasteiger partial charge in [-0.05, 0) is 45.1 Å². The minimum Gasteiger partial charge on any atom is -0.398 e. The van der Waals surface area contributed by atoms with Crippen LogP contribution in [-0.2, 0) is 6.42 Å². The number of nitrogens with zero attached hydrogens (tertiary/aromatic N) is 2. The quantitative estimate of drug-likeness (QED) is 0.738. The van der Waals surface area contributed by atoms with Crippen LogP contribution < -0.4 is 11.5 Å². The Morgan fingerprint density at radius 3 is 2.80 bits per heavy atom. The lowest BCUT2D eigenvalue weighted by molar-refractivity contribution is 0.379. The van der Waals surface area contributed by atoms with Crippen LogP contribution in [0.3, 0.4) is 0 Å². The number of nitrogen functional groups attached to an aromatic ring is 1. The Labute approximate surface area is 91.3 Å². The van der Waals surface area contributed by atoms with E-state index in [1.807, 2.05) is 20.2 Å². The smallest absolute Gasteiger partial charge is 0.0378 e. The molecule has 0 amide bonds. The van der Waals surface area contributed by atoms with Gasteiger partial charge in [-0.15, -0.1) is 0 Å². The molecule has 1 aromatic heterocycles. The van der Waals surface area contributed by atoms with Gasteiger partial charge in [-0.2, -0.15) is 0 Å². The number of aromatic nitrogens is 1. The lowest BCUT2D eigenvalue weighted by Gasteiger charge is -2.15. The third-order valence-corrected chi connectivity index (χ3v) is 2.37. The fraction of sp³-hybridized carbons (Fsp3) is 0.545. The van der Waals surface area contributed by atoms with E-state index in [1.165, 1.54) is 0 Å². The van der Waals surface area contributed by atoms with E-state index in [-0.39, 0.29) is 6.04 Å². The van der Waals surface area contributed by atoms with E-state index in [9.17, 15) is 0 Å². The molecule has 0 saturated heterocycles. The van der Waals surface area contributed by atoms with Gasteiger partial charge in [0.05, 0.1) is 0 Å². The molecule has 4 nitrogen and oxygen atoms in total. The van der Waals surface area contributed by atoms with Gasteiger partial charge >= 0.3 is 0 Å². The normalized spacial score (nSPS) is 13.1. The minimum atomic E-state index is 0.152. The third-order valence-electron chi connectivity index (χ3n) is 2.37. The van der Waals surface area contributed by atoms with Crippen molar-refractivity contribution in [1.82, 2.24) is 9.88 Å². The third kappa shape index (κ3) is 4.27. The van der Waals surface area contributed by atoms with Crippen molar-refractivity contribution in [1.29, 1.82) is 0 Å². The zero-order chi connectivity index (χ0) is 11.3. The first-order valence-electron chi connectivity index (χ1n) is 5.18. The highest BCUT2D eigenvalue weighted by Gasteiger charge is 2.07. The van der Waals surface area contributed by atoms with Gasteiger partial charge in [0.2, 0.25) is 0 Å². The van der Waals surface area contributed by atoms with Crippen molar-refractivity contribution in [3.8, 4) is 0 Å². The second-order valence-electron chi connectivity index (χ2n) is 4.13. The van der Waals surface area contributed by atoms with Gasteiger partial charge in [0, 0.05) is 24.1 Å². The summed E-state index contributed by atoms with van der Waals surface area (Å²) in [5, 5.41) is 0. The van der Waals surface area contributed by atoms with Gasteiger partial charge in [0.25, 0.3) is 0 Å². The van der Waals surface area contributed by atoms with Crippen LogP contribution in [0.15, 0.2) is 18.5 Å². The van der Waals surface area contributed by atoms with Gasteiger partial charge < -0.3 is 16.4 Å². The number of nitrogens with two attached hydrogens (primary N) is 2. The van der Waals surface area contributed by atoms with Crippen molar-refractivity contribution in [2.45, 2.75) is 18.9 Å². The lowest BCUT2D eigenvalue weighted by atomic mass is 10.0. The van der Waals surface area contributed by atoms with Gasteiger partial charge in [0.15, 0.2) is 0 Å². The molecule has 15 heavy (non-hydrogen) atoms. The molecule has 0 aliphatic rings. The summed E-state index contributed by atoms with van der Waals surface area (Å²) in [6.07, 6.45) is 5.27. The Balaban J connectivity index is 2.44. The average Bonchev–Trinajstić information content (AvgIpc) is 2.18. The Bertz CT molecular complexity index is 298. The number of anilines is 1. The highest BCUT2D eigenvalue weighted by molar-refractivity contribution is 5.44. The number of pyridine rings is 1. The summed E-state index contributed by atoms with van der Waals surface area (Å²) in [6.45, 7) is 1.00. The van der Waals surface area contributed by atoms with Gasteiger partial charge in [0.1, 0.15) is 0 Å². The summed E-state index contributed by atoms with van der Waals surface area (Å²) in [4.78, 5) is 6.18. The number of rotatable bonds is 5. The van der Waals surface area contributed by atoms with Crippen LogP contribution in [0.25, 0.3) is 0 Å². The maximum Gasteiger partial charge on any atom is 0.0378 e. The molecule has 0 radical (unpaired) electrons. The molecule has 84 valence electrons. The van der Waals surface area contributed by atoms with Gasteiger partial charge in [-0.1, -0.05) is 0 Å². The van der Waals surface area contributed by atoms with Crippen LogP contribution in [0.4, 0.5) is 5.69 Å². The first-order valence-corrected chi connectivity index (χ1v) is 5.18. The molecule has 4 heteroatoms.